The van der Waals surface area contributed by atoms with E-state index in [0.717, 1.165) is 6.07 Å². The Morgan fingerprint density at radius 1 is 1.33 bits per heavy atom. The second-order valence-corrected chi connectivity index (χ2v) is 2.93. The maximum absolute atomic E-state index is 12.5. The van der Waals surface area contributed by atoms with Gasteiger partial charge in [-0.1, -0.05) is 0 Å². The Morgan fingerprint density at radius 3 is 2.67 bits per heavy atom. The minimum atomic E-state index is -4.36. The zero-order chi connectivity index (χ0) is 11.3. The molecule has 84 valence electrons. The highest BCUT2D eigenvalue weighted by Crippen LogP contribution is 2.33. The predicted octanol–water partition coefficient (Wildman–Crippen LogP) is 1.73. The number of nitrogens with one attached hydrogen (secondary N) is 2. The molecule has 1 rings (SSSR count). The van der Waals surface area contributed by atoms with E-state index in [-0.39, 0.29) is 5.82 Å². The Bertz CT molecular complexity index is 312. The summed E-state index contributed by atoms with van der Waals surface area (Å²) >= 11 is 0. The smallest absolute Gasteiger partial charge is 0.368 e. The zero-order valence-electron chi connectivity index (χ0n) is 8.23. The maximum Gasteiger partial charge on any atom is 0.419 e. The molecule has 0 unspecified atom stereocenters. The molecule has 0 aliphatic rings. The molecule has 2 N–H and O–H groups in total. The molecular weight excluding hydrogens is 207 g/mol. The van der Waals surface area contributed by atoms with Crippen LogP contribution in [0.3, 0.4) is 0 Å². The number of likely N-dealkylation sites (N-methyl/N-ethyl adjacent to an activating group) is 1. The Kier molecular flexibility index (Phi) is 3.90. The molecule has 0 saturated carbocycles. The van der Waals surface area contributed by atoms with Crippen molar-refractivity contribution in [1.82, 2.24) is 10.3 Å². The number of nitrogens with zero attached hydrogens (tertiary/aromatic N) is 1. The quantitative estimate of drug-likeness (QED) is 0.757. The second-order valence-electron chi connectivity index (χ2n) is 2.93. The van der Waals surface area contributed by atoms with Crippen molar-refractivity contribution in [3.8, 4) is 0 Å². The molecule has 6 heteroatoms. The van der Waals surface area contributed by atoms with Crippen LogP contribution in [0, 0.1) is 0 Å². The van der Waals surface area contributed by atoms with Gasteiger partial charge in [0.15, 0.2) is 0 Å². The van der Waals surface area contributed by atoms with Crippen molar-refractivity contribution in [2.75, 3.05) is 25.5 Å². The lowest BCUT2D eigenvalue weighted by atomic mass is 10.2. The van der Waals surface area contributed by atoms with Gasteiger partial charge >= 0.3 is 6.18 Å². The average Bonchev–Trinajstić information content (AvgIpc) is 2.17. The van der Waals surface area contributed by atoms with E-state index in [9.17, 15) is 13.2 Å². The summed E-state index contributed by atoms with van der Waals surface area (Å²) < 4.78 is 37.4. The van der Waals surface area contributed by atoms with Crippen molar-refractivity contribution >= 4 is 5.82 Å². The van der Waals surface area contributed by atoms with Gasteiger partial charge in [0.2, 0.25) is 0 Å². The predicted molar refractivity (Wildman–Crippen MR) is 51.7 cm³/mol. The summed E-state index contributed by atoms with van der Waals surface area (Å²) in [6, 6.07) is 2.28. The Hall–Kier alpha value is -1.30. The number of alkyl halides is 3. The van der Waals surface area contributed by atoms with Crippen LogP contribution in [0.4, 0.5) is 19.0 Å². The maximum atomic E-state index is 12.5. The topological polar surface area (TPSA) is 37.0 Å². The summed E-state index contributed by atoms with van der Waals surface area (Å²) in [6.45, 7) is 0.977. The van der Waals surface area contributed by atoms with Crippen LogP contribution in [0.15, 0.2) is 18.3 Å². The van der Waals surface area contributed by atoms with Crippen molar-refractivity contribution in [1.29, 1.82) is 0 Å². The summed E-state index contributed by atoms with van der Waals surface area (Å²) in [5, 5.41) is 5.45. The summed E-state index contributed by atoms with van der Waals surface area (Å²) in [5.41, 5.74) is -0.735. The molecule has 15 heavy (non-hydrogen) atoms. The lowest BCUT2D eigenvalue weighted by Gasteiger charge is -2.12. The van der Waals surface area contributed by atoms with E-state index >= 15 is 0 Å². The van der Waals surface area contributed by atoms with Crippen LogP contribution in [0.25, 0.3) is 0 Å². The van der Waals surface area contributed by atoms with Gasteiger partial charge in [0, 0.05) is 19.3 Å². The van der Waals surface area contributed by atoms with E-state index in [0.29, 0.717) is 13.1 Å². The molecule has 0 amide bonds. The molecule has 0 fully saturated rings. The Balaban J connectivity index is 2.78. The number of aromatic nitrogens is 1. The van der Waals surface area contributed by atoms with Crippen molar-refractivity contribution in [2.24, 2.45) is 0 Å². The normalized spacial score (nSPS) is 11.5. The minimum absolute atomic E-state index is 0.125. The molecule has 0 atom stereocenters. The van der Waals surface area contributed by atoms with E-state index in [2.05, 4.69) is 15.6 Å². The molecule has 3 nitrogen and oxygen atoms in total. The van der Waals surface area contributed by atoms with Crippen molar-refractivity contribution in [3.63, 3.8) is 0 Å². The van der Waals surface area contributed by atoms with Gasteiger partial charge in [0.25, 0.3) is 0 Å². The first-order valence-corrected chi connectivity index (χ1v) is 4.46. The number of pyridine rings is 1. The van der Waals surface area contributed by atoms with Gasteiger partial charge in [-0.05, 0) is 19.2 Å². The van der Waals surface area contributed by atoms with Crippen molar-refractivity contribution in [2.45, 2.75) is 6.18 Å². The number of anilines is 1. The molecule has 0 radical (unpaired) electrons. The van der Waals surface area contributed by atoms with E-state index in [1.54, 1.807) is 7.05 Å². The molecule has 1 aromatic rings. The average molecular weight is 219 g/mol. The molecule has 0 bridgehead atoms. The first-order valence-electron chi connectivity index (χ1n) is 4.46. The van der Waals surface area contributed by atoms with Crippen LogP contribution in [-0.4, -0.2) is 25.1 Å². The molecule has 0 aromatic carbocycles. The molecular formula is C9H12F3N3. The van der Waals surface area contributed by atoms with Crippen LogP contribution >= 0.6 is 0 Å². The summed E-state index contributed by atoms with van der Waals surface area (Å²) in [7, 11) is 1.73. The third-order valence-corrected chi connectivity index (χ3v) is 1.78. The molecule has 1 heterocycles. The largest absolute Gasteiger partial charge is 0.419 e. The van der Waals surface area contributed by atoms with Crippen molar-refractivity contribution in [3.05, 3.63) is 23.9 Å². The third kappa shape index (κ3) is 3.39. The molecule has 0 aliphatic heterocycles. The van der Waals surface area contributed by atoms with Crippen molar-refractivity contribution < 1.29 is 13.2 Å². The van der Waals surface area contributed by atoms with Crippen LogP contribution in [0.2, 0.25) is 0 Å². The minimum Gasteiger partial charge on any atom is -0.368 e. The van der Waals surface area contributed by atoms with Gasteiger partial charge in [0.1, 0.15) is 5.82 Å². The first-order chi connectivity index (χ1) is 7.05. The molecule has 1 aromatic heterocycles. The van der Waals surface area contributed by atoms with Gasteiger partial charge in [0.05, 0.1) is 5.56 Å². The number of halogens is 3. The summed E-state index contributed by atoms with van der Waals surface area (Å²) in [4.78, 5) is 3.66. The standard InChI is InChI=1S/C9H12F3N3/c1-13-5-6-15-8-7(9(10,11)12)3-2-4-14-8/h2-4,13H,5-6H2,1H3,(H,14,15). The number of rotatable bonds is 4. The van der Waals surface area contributed by atoms with E-state index in [1.165, 1.54) is 12.3 Å². The van der Waals surface area contributed by atoms with E-state index < -0.39 is 11.7 Å². The number of hydrogen-bond donors (Lipinski definition) is 2. The van der Waals surface area contributed by atoms with Gasteiger partial charge in [-0.25, -0.2) is 4.98 Å². The lowest BCUT2D eigenvalue weighted by Crippen LogP contribution is -2.20. The van der Waals surface area contributed by atoms with Crippen LogP contribution in [0.1, 0.15) is 5.56 Å². The van der Waals surface area contributed by atoms with Gasteiger partial charge < -0.3 is 10.6 Å². The SMILES string of the molecule is CNCCNc1ncccc1C(F)(F)F. The molecule has 0 spiro atoms. The highest BCUT2D eigenvalue weighted by atomic mass is 19.4. The molecule has 0 saturated heterocycles. The van der Waals surface area contributed by atoms with Crippen LogP contribution in [0.5, 0.6) is 0 Å². The fourth-order valence-corrected chi connectivity index (χ4v) is 1.08. The van der Waals surface area contributed by atoms with E-state index in [1.807, 2.05) is 0 Å². The zero-order valence-corrected chi connectivity index (χ0v) is 8.23. The summed E-state index contributed by atoms with van der Waals surface area (Å²) in [6.07, 6.45) is -3.03. The van der Waals surface area contributed by atoms with Gasteiger partial charge in [-0.15, -0.1) is 0 Å². The fourth-order valence-electron chi connectivity index (χ4n) is 1.08. The molecule has 0 aliphatic carbocycles. The second kappa shape index (κ2) is 4.97. The first kappa shape index (κ1) is 11.8. The monoisotopic (exact) mass is 219 g/mol. The lowest BCUT2D eigenvalue weighted by molar-refractivity contribution is -0.137. The highest BCUT2D eigenvalue weighted by molar-refractivity contribution is 5.45. The third-order valence-electron chi connectivity index (χ3n) is 1.78. The Labute approximate surface area is 85.7 Å². The van der Waals surface area contributed by atoms with Crippen LogP contribution in [-0.2, 0) is 6.18 Å². The van der Waals surface area contributed by atoms with Crippen LogP contribution < -0.4 is 10.6 Å². The summed E-state index contributed by atoms with van der Waals surface area (Å²) in [5.74, 6) is -0.125. The Morgan fingerprint density at radius 2 is 2.07 bits per heavy atom. The fraction of sp³-hybridized carbons (Fsp3) is 0.444. The van der Waals surface area contributed by atoms with Gasteiger partial charge in [-0.3, -0.25) is 0 Å². The number of hydrogen-bond acceptors (Lipinski definition) is 3. The highest BCUT2D eigenvalue weighted by Gasteiger charge is 2.33. The van der Waals surface area contributed by atoms with Gasteiger partial charge in [-0.2, -0.15) is 13.2 Å². The van der Waals surface area contributed by atoms with E-state index in [4.69, 9.17) is 0 Å².